The van der Waals surface area contributed by atoms with E-state index in [-0.39, 0.29) is 0 Å². The third-order valence-corrected chi connectivity index (χ3v) is 5.58. The molecule has 3 aromatic rings. The Kier molecular flexibility index (Phi) is 8.03. The molecule has 0 atom stereocenters. The first-order chi connectivity index (χ1) is 14.6. The lowest BCUT2D eigenvalue weighted by Crippen LogP contribution is -2.14. The number of aromatic nitrogens is 1. The molecule has 0 N–H and O–H groups in total. The summed E-state index contributed by atoms with van der Waals surface area (Å²) in [4.78, 5) is 11.1. The van der Waals surface area contributed by atoms with Crippen LogP contribution in [0, 0.1) is 6.92 Å². The molecule has 0 aliphatic rings. The highest BCUT2D eigenvalue weighted by Gasteiger charge is 2.10. The Balaban J connectivity index is 1.68. The van der Waals surface area contributed by atoms with Gasteiger partial charge >= 0.3 is 0 Å². The van der Waals surface area contributed by atoms with E-state index in [1.54, 1.807) is 0 Å². The number of hydrogen-bond donors (Lipinski definition) is 0. The van der Waals surface area contributed by atoms with Crippen molar-refractivity contribution in [3.8, 4) is 5.88 Å². The van der Waals surface area contributed by atoms with E-state index >= 15 is 0 Å². The summed E-state index contributed by atoms with van der Waals surface area (Å²) < 4.78 is 6.88. The largest absolute Gasteiger partial charge is 0.472 e. The normalized spacial score (nSPS) is 11.1. The van der Waals surface area contributed by atoms with Gasteiger partial charge in [-0.05, 0) is 65.4 Å². The van der Waals surface area contributed by atoms with E-state index in [9.17, 15) is 0 Å². The van der Waals surface area contributed by atoms with Crippen LogP contribution in [-0.4, -0.2) is 29.8 Å². The SMILES string of the molecule is CCN(C)C=Nc1cc(Br)c(OCc2ccccc2CCc2ccccc2)nc1C. The maximum atomic E-state index is 6.08. The highest BCUT2D eigenvalue weighted by Crippen LogP contribution is 2.30. The highest BCUT2D eigenvalue weighted by atomic mass is 79.9. The topological polar surface area (TPSA) is 37.7 Å². The van der Waals surface area contributed by atoms with E-state index in [1.165, 1.54) is 16.7 Å². The lowest BCUT2D eigenvalue weighted by Gasteiger charge is -2.13. The zero-order valence-electron chi connectivity index (χ0n) is 17.8. The summed E-state index contributed by atoms with van der Waals surface area (Å²) >= 11 is 3.58. The van der Waals surface area contributed by atoms with Gasteiger partial charge in [-0.15, -0.1) is 0 Å². The first-order valence-corrected chi connectivity index (χ1v) is 11.0. The average molecular weight is 466 g/mol. The lowest BCUT2D eigenvalue weighted by molar-refractivity contribution is 0.290. The van der Waals surface area contributed by atoms with Gasteiger partial charge in [0.25, 0.3) is 0 Å². The van der Waals surface area contributed by atoms with Gasteiger partial charge in [0.1, 0.15) is 6.61 Å². The van der Waals surface area contributed by atoms with Crippen LogP contribution in [0.1, 0.15) is 29.3 Å². The molecule has 1 heterocycles. The highest BCUT2D eigenvalue weighted by molar-refractivity contribution is 9.10. The van der Waals surface area contributed by atoms with Gasteiger partial charge in [-0.1, -0.05) is 54.6 Å². The Morgan fingerprint density at radius 1 is 1.03 bits per heavy atom. The summed E-state index contributed by atoms with van der Waals surface area (Å²) in [6, 6.07) is 21.0. The fraction of sp³-hybridized carbons (Fsp3) is 0.280. The molecule has 2 aromatic carbocycles. The molecular weight excluding hydrogens is 438 g/mol. The molecule has 0 amide bonds. The van der Waals surface area contributed by atoms with Crippen molar-refractivity contribution in [1.82, 2.24) is 9.88 Å². The Morgan fingerprint density at radius 2 is 1.73 bits per heavy atom. The average Bonchev–Trinajstić information content (AvgIpc) is 2.78. The molecule has 156 valence electrons. The van der Waals surface area contributed by atoms with E-state index in [2.05, 4.69) is 87.4 Å². The van der Waals surface area contributed by atoms with Gasteiger partial charge in [-0.2, -0.15) is 0 Å². The molecule has 0 fully saturated rings. The van der Waals surface area contributed by atoms with Gasteiger partial charge in [0.2, 0.25) is 5.88 Å². The summed E-state index contributed by atoms with van der Waals surface area (Å²) in [6.07, 6.45) is 3.81. The molecule has 0 aliphatic carbocycles. The predicted molar refractivity (Wildman–Crippen MR) is 128 cm³/mol. The summed E-state index contributed by atoms with van der Waals surface area (Å²) in [5, 5.41) is 0. The molecule has 1 aromatic heterocycles. The number of nitrogens with zero attached hydrogens (tertiary/aromatic N) is 3. The van der Waals surface area contributed by atoms with E-state index in [4.69, 9.17) is 4.74 Å². The van der Waals surface area contributed by atoms with Crippen molar-refractivity contribution in [2.45, 2.75) is 33.3 Å². The van der Waals surface area contributed by atoms with Crippen molar-refractivity contribution in [3.05, 3.63) is 87.5 Å². The minimum absolute atomic E-state index is 0.483. The van der Waals surface area contributed by atoms with Crippen LogP contribution in [-0.2, 0) is 19.4 Å². The first kappa shape index (κ1) is 22.0. The second-order valence-corrected chi connectivity index (χ2v) is 8.10. The fourth-order valence-electron chi connectivity index (χ4n) is 3.04. The number of ether oxygens (including phenoxy) is 1. The monoisotopic (exact) mass is 465 g/mol. The Labute approximate surface area is 187 Å². The van der Waals surface area contributed by atoms with E-state index in [0.717, 1.165) is 35.2 Å². The van der Waals surface area contributed by atoms with Crippen LogP contribution in [0.2, 0.25) is 0 Å². The van der Waals surface area contributed by atoms with Gasteiger partial charge in [-0.25, -0.2) is 9.98 Å². The lowest BCUT2D eigenvalue weighted by atomic mass is 10.0. The van der Waals surface area contributed by atoms with E-state index in [0.29, 0.717) is 12.5 Å². The number of aliphatic imine (C=N–C) groups is 1. The number of hydrogen-bond acceptors (Lipinski definition) is 3. The molecule has 3 rings (SSSR count). The quantitative estimate of drug-likeness (QED) is 0.281. The Bertz CT molecular complexity index is 989. The van der Waals surface area contributed by atoms with Crippen LogP contribution in [0.5, 0.6) is 5.88 Å². The minimum atomic E-state index is 0.483. The zero-order chi connectivity index (χ0) is 21.3. The number of pyridine rings is 1. The van der Waals surface area contributed by atoms with E-state index in [1.807, 2.05) is 31.3 Å². The number of rotatable bonds is 9. The second-order valence-electron chi connectivity index (χ2n) is 7.24. The maximum Gasteiger partial charge on any atom is 0.228 e. The molecular formula is C25H28BrN3O. The molecule has 0 spiro atoms. The van der Waals surface area contributed by atoms with Gasteiger partial charge in [0.05, 0.1) is 22.2 Å². The molecule has 0 saturated carbocycles. The van der Waals surface area contributed by atoms with Crippen LogP contribution in [0.15, 0.2) is 70.1 Å². The van der Waals surface area contributed by atoms with E-state index < -0.39 is 0 Å². The Morgan fingerprint density at radius 3 is 2.47 bits per heavy atom. The molecule has 0 unspecified atom stereocenters. The number of halogens is 1. The van der Waals surface area contributed by atoms with Crippen molar-refractivity contribution < 1.29 is 4.74 Å². The predicted octanol–water partition coefficient (Wildman–Crippen LogP) is 6.13. The van der Waals surface area contributed by atoms with Crippen LogP contribution in [0.25, 0.3) is 0 Å². The smallest absolute Gasteiger partial charge is 0.228 e. The number of aryl methyl sites for hydroxylation is 3. The van der Waals surface area contributed by atoms with Crippen molar-refractivity contribution >= 4 is 28.0 Å². The van der Waals surface area contributed by atoms with Gasteiger partial charge in [0.15, 0.2) is 0 Å². The number of benzene rings is 2. The van der Waals surface area contributed by atoms with Crippen LogP contribution < -0.4 is 4.74 Å². The molecule has 0 bridgehead atoms. The van der Waals surface area contributed by atoms with Crippen molar-refractivity contribution in [3.63, 3.8) is 0 Å². The van der Waals surface area contributed by atoms with Crippen molar-refractivity contribution in [2.24, 2.45) is 4.99 Å². The van der Waals surface area contributed by atoms with Crippen molar-refractivity contribution in [1.29, 1.82) is 0 Å². The van der Waals surface area contributed by atoms with Crippen LogP contribution in [0.4, 0.5) is 5.69 Å². The Hall–Kier alpha value is -2.66. The van der Waals surface area contributed by atoms with Gasteiger partial charge in [-0.3, -0.25) is 0 Å². The third-order valence-electron chi connectivity index (χ3n) is 5.01. The molecule has 0 aliphatic heterocycles. The van der Waals surface area contributed by atoms with Crippen molar-refractivity contribution in [2.75, 3.05) is 13.6 Å². The summed E-state index contributed by atoms with van der Waals surface area (Å²) in [7, 11) is 1.99. The fourth-order valence-corrected chi connectivity index (χ4v) is 3.46. The summed E-state index contributed by atoms with van der Waals surface area (Å²) in [6.45, 7) is 5.42. The molecule has 0 saturated heterocycles. The molecule has 5 heteroatoms. The standard InChI is InChI=1S/C25H28BrN3O/c1-4-29(3)18-27-24-16-23(26)25(28-19(24)2)30-17-22-13-9-8-12-21(22)15-14-20-10-6-5-7-11-20/h5-13,16,18H,4,14-15,17H2,1-3H3. The summed E-state index contributed by atoms with van der Waals surface area (Å²) in [5.74, 6) is 0.591. The van der Waals surface area contributed by atoms with Crippen LogP contribution in [0.3, 0.4) is 0 Å². The summed E-state index contributed by atoms with van der Waals surface area (Å²) in [5.41, 5.74) is 5.51. The zero-order valence-corrected chi connectivity index (χ0v) is 19.4. The molecule has 30 heavy (non-hydrogen) atoms. The first-order valence-electron chi connectivity index (χ1n) is 10.2. The maximum absolute atomic E-state index is 6.08. The molecule has 0 radical (unpaired) electrons. The molecule has 4 nitrogen and oxygen atoms in total. The van der Waals surface area contributed by atoms with Gasteiger partial charge in [0, 0.05) is 13.6 Å². The second kappa shape index (κ2) is 10.9. The van der Waals surface area contributed by atoms with Gasteiger partial charge < -0.3 is 9.64 Å². The van der Waals surface area contributed by atoms with Crippen LogP contribution >= 0.6 is 15.9 Å². The minimum Gasteiger partial charge on any atom is -0.472 e. The third kappa shape index (κ3) is 6.17.